The van der Waals surface area contributed by atoms with Crippen LogP contribution >= 0.6 is 11.6 Å². The summed E-state index contributed by atoms with van der Waals surface area (Å²) in [6.45, 7) is 6.60. The average molecular weight is 482 g/mol. The number of carbonyl (C=O) groups is 2. The van der Waals surface area contributed by atoms with Crippen molar-refractivity contribution in [1.82, 2.24) is 5.32 Å². The van der Waals surface area contributed by atoms with Gasteiger partial charge in [0.25, 0.3) is 5.91 Å². The predicted molar refractivity (Wildman–Crippen MR) is 133 cm³/mol. The van der Waals surface area contributed by atoms with Crippen LogP contribution in [0.1, 0.15) is 53.5 Å². The number of benzene rings is 3. The normalized spacial score (nSPS) is 10.7. The molecule has 3 aromatic rings. The summed E-state index contributed by atoms with van der Waals surface area (Å²) in [6.07, 6.45) is 0.843. The van der Waals surface area contributed by atoms with Gasteiger partial charge in [0.15, 0.2) is 0 Å². The number of hydrogen-bond donors (Lipinski definition) is 2. The van der Waals surface area contributed by atoms with E-state index in [-0.39, 0.29) is 24.1 Å². The van der Waals surface area contributed by atoms with Crippen molar-refractivity contribution in [2.24, 2.45) is 0 Å². The molecule has 6 nitrogen and oxygen atoms in total. The molecule has 3 aromatic carbocycles. The first-order valence-corrected chi connectivity index (χ1v) is 11.5. The van der Waals surface area contributed by atoms with Crippen LogP contribution in [0.25, 0.3) is 11.1 Å². The van der Waals surface area contributed by atoms with Crippen LogP contribution in [0.3, 0.4) is 0 Å². The summed E-state index contributed by atoms with van der Waals surface area (Å²) in [5.41, 5.74) is 2.91. The number of amides is 1. The first-order valence-electron chi connectivity index (χ1n) is 11.1. The molecule has 0 atom stereocenters. The Morgan fingerprint density at radius 3 is 2.47 bits per heavy atom. The van der Waals surface area contributed by atoms with E-state index in [1.54, 1.807) is 36.4 Å². The summed E-state index contributed by atoms with van der Waals surface area (Å²) in [4.78, 5) is 24.2. The highest BCUT2D eigenvalue weighted by atomic mass is 35.5. The number of rotatable bonds is 10. The van der Waals surface area contributed by atoms with Crippen LogP contribution in [-0.2, 0) is 6.54 Å². The summed E-state index contributed by atoms with van der Waals surface area (Å²) in [5, 5.41) is 12.5. The van der Waals surface area contributed by atoms with E-state index < -0.39 is 5.97 Å². The number of ether oxygens (including phenoxy) is 2. The molecule has 0 aromatic heterocycles. The predicted octanol–water partition coefficient (Wildman–Crippen LogP) is 6.21. The van der Waals surface area contributed by atoms with Gasteiger partial charge in [-0.1, -0.05) is 36.7 Å². The number of nitrogens with one attached hydrogen (secondary N) is 1. The van der Waals surface area contributed by atoms with E-state index in [9.17, 15) is 14.7 Å². The molecule has 178 valence electrons. The van der Waals surface area contributed by atoms with Crippen LogP contribution in [0.4, 0.5) is 0 Å². The monoisotopic (exact) mass is 481 g/mol. The Balaban J connectivity index is 1.83. The molecule has 0 fully saturated rings. The van der Waals surface area contributed by atoms with Crippen molar-refractivity contribution < 1.29 is 24.2 Å². The lowest BCUT2D eigenvalue weighted by atomic mass is 10.0. The van der Waals surface area contributed by atoms with Crippen LogP contribution in [0.2, 0.25) is 5.02 Å². The van der Waals surface area contributed by atoms with Crippen molar-refractivity contribution in [3.05, 3.63) is 82.4 Å². The fourth-order valence-corrected chi connectivity index (χ4v) is 3.63. The minimum atomic E-state index is -0.987. The first-order chi connectivity index (χ1) is 16.3. The zero-order valence-electron chi connectivity index (χ0n) is 19.4. The maximum atomic E-state index is 12.8. The molecule has 34 heavy (non-hydrogen) atoms. The molecule has 7 heteroatoms. The van der Waals surface area contributed by atoms with Gasteiger partial charge < -0.3 is 19.9 Å². The summed E-state index contributed by atoms with van der Waals surface area (Å²) >= 11 is 6.32. The smallest absolute Gasteiger partial charge is 0.335 e. The maximum absolute atomic E-state index is 12.8. The summed E-state index contributed by atoms with van der Waals surface area (Å²) in [5.74, 6) is -0.0464. The largest absolute Gasteiger partial charge is 0.493 e. The SMILES string of the molecule is CCCOc1ccc(-c2cccc(C(=O)O)c2)cc1CNC(=O)c1ccc(OC(C)C)cc1Cl. The molecule has 0 saturated heterocycles. The molecule has 0 saturated carbocycles. The summed E-state index contributed by atoms with van der Waals surface area (Å²) in [6, 6.07) is 17.3. The van der Waals surface area contributed by atoms with Crippen LogP contribution in [0, 0.1) is 0 Å². The van der Waals surface area contributed by atoms with Crippen LogP contribution in [-0.4, -0.2) is 29.7 Å². The van der Waals surface area contributed by atoms with E-state index in [0.717, 1.165) is 23.1 Å². The van der Waals surface area contributed by atoms with E-state index >= 15 is 0 Å². The maximum Gasteiger partial charge on any atom is 0.335 e. The molecule has 3 rings (SSSR count). The van der Waals surface area contributed by atoms with Crippen molar-refractivity contribution in [1.29, 1.82) is 0 Å². The second-order valence-electron chi connectivity index (χ2n) is 8.05. The van der Waals surface area contributed by atoms with E-state index in [0.29, 0.717) is 28.7 Å². The Labute approximate surface area is 204 Å². The Bertz CT molecular complexity index is 1180. The Hall–Kier alpha value is -3.51. The third-order valence-electron chi connectivity index (χ3n) is 4.96. The van der Waals surface area contributed by atoms with Crippen LogP contribution in [0.15, 0.2) is 60.7 Å². The Kier molecular flexibility index (Phi) is 8.55. The molecule has 0 unspecified atom stereocenters. The molecule has 2 N–H and O–H groups in total. The van der Waals surface area contributed by atoms with E-state index in [1.807, 2.05) is 45.0 Å². The number of halogens is 1. The van der Waals surface area contributed by atoms with Gasteiger partial charge in [0.2, 0.25) is 0 Å². The van der Waals surface area contributed by atoms with Gasteiger partial charge in [-0.05, 0) is 73.9 Å². The van der Waals surface area contributed by atoms with Crippen molar-refractivity contribution in [3.8, 4) is 22.6 Å². The standard InChI is InChI=1S/C27H28ClNO5/c1-4-12-33-25-11-8-19(18-6-5-7-20(13-18)27(31)32)14-21(25)16-29-26(30)23-10-9-22(15-24(23)28)34-17(2)3/h5-11,13-15,17H,4,12,16H2,1-3H3,(H,29,30)(H,31,32). The first kappa shape index (κ1) is 25.1. The zero-order chi connectivity index (χ0) is 24.7. The minimum absolute atomic E-state index is 0.000698. The van der Waals surface area contributed by atoms with Gasteiger partial charge in [0.1, 0.15) is 11.5 Å². The number of carboxylic acids is 1. The highest BCUT2D eigenvalue weighted by Crippen LogP contribution is 2.28. The Morgan fingerprint density at radius 1 is 1.03 bits per heavy atom. The second kappa shape index (κ2) is 11.6. The van der Waals surface area contributed by atoms with Crippen LogP contribution in [0.5, 0.6) is 11.5 Å². The molecule has 0 aliphatic carbocycles. The zero-order valence-corrected chi connectivity index (χ0v) is 20.2. The van der Waals surface area contributed by atoms with Gasteiger partial charge in [0, 0.05) is 12.1 Å². The molecule has 0 heterocycles. The van der Waals surface area contributed by atoms with Crippen molar-refractivity contribution >= 4 is 23.5 Å². The molecule has 0 spiro atoms. The van der Waals surface area contributed by atoms with Crippen molar-refractivity contribution in [2.45, 2.75) is 39.8 Å². The number of aromatic carboxylic acids is 1. The summed E-state index contributed by atoms with van der Waals surface area (Å²) < 4.78 is 11.5. The highest BCUT2D eigenvalue weighted by molar-refractivity contribution is 6.34. The number of carboxylic acid groups (broad SMARTS) is 1. The van der Waals surface area contributed by atoms with Gasteiger partial charge in [0.05, 0.1) is 28.9 Å². The minimum Gasteiger partial charge on any atom is -0.493 e. The average Bonchev–Trinajstić information content (AvgIpc) is 2.81. The number of carbonyl (C=O) groups excluding carboxylic acids is 1. The van der Waals surface area contributed by atoms with E-state index in [4.69, 9.17) is 21.1 Å². The van der Waals surface area contributed by atoms with Gasteiger partial charge in [-0.25, -0.2) is 4.79 Å². The molecule has 0 radical (unpaired) electrons. The third-order valence-corrected chi connectivity index (χ3v) is 5.27. The van der Waals surface area contributed by atoms with E-state index in [1.165, 1.54) is 0 Å². The molecule has 1 amide bonds. The lowest BCUT2D eigenvalue weighted by Gasteiger charge is -2.15. The molecule has 0 aliphatic rings. The highest BCUT2D eigenvalue weighted by Gasteiger charge is 2.14. The van der Waals surface area contributed by atoms with Crippen LogP contribution < -0.4 is 14.8 Å². The lowest BCUT2D eigenvalue weighted by Crippen LogP contribution is -2.23. The topological polar surface area (TPSA) is 84.9 Å². The third kappa shape index (κ3) is 6.51. The quantitative estimate of drug-likeness (QED) is 0.359. The fraction of sp³-hybridized carbons (Fsp3) is 0.259. The summed E-state index contributed by atoms with van der Waals surface area (Å²) in [7, 11) is 0. The lowest BCUT2D eigenvalue weighted by molar-refractivity contribution is 0.0696. The Morgan fingerprint density at radius 2 is 1.79 bits per heavy atom. The molecular weight excluding hydrogens is 454 g/mol. The molecule has 0 bridgehead atoms. The fourth-order valence-electron chi connectivity index (χ4n) is 3.38. The van der Waals surface area contributed by atoms with Gasteiger partial charge >= 0.3 is 5.97 Å². The molecular formula is C27H28ClNO5. The van der Waals surface area contributed by atoms with Gasteiger partial charge in [-0.15, -0.1) is 0 Å². The van der Waals surface area contributed by atoms with Gasteiger partial charge in [-0.3, -0.25) is 4.79 Å². The van der Waals surface area contributed by atoms with E-state index in [2.05, 4.69) is 5.32 Å². The number of hydrogen-bond acceptors (Lipinski definition) is 4. The van der Waals surface area contributed by atoms with Crippen molar-refractivity contribution in [2.75, 3.05) is 6.61 Å². The second-order valence-corrected chi connectivity index (χ2v) is 8.46. The van der Waals surface area contributed by atoms with Gasteiger partial charge in [-0.2, -0.15) is 0 Å². The molecule has 0 aliphatic heterocycles. The van der Waals surface area contributed by atoms with Crippen molar-refractivity contribution in [3.63, 3.8) is 0 Å².